The summed E-state index contributed by atoms with van der Waals surface area (Å²) in [6.07, 6.45) is 0.816. The zero-order valence-corrected chi connectivity index (χ0v) is 10.3. The molecule has 2 atom stereocenters. The number of carbonyl (C=O) groups is 1. The number of nitrogens with two attached hydrogens (primary N) is 1. The van der Waals surface area contributed by atoms with Crippen LogP contribution in [0.2, 0.25) is 0 Å². The average molecular weight is 233 g/mol. The van der Waals surface area contributed by atoms with Crippen LogP contribution in [0, 0.1) is 5.92 Å². The molecule has 1 aromatic carbocycles. The SMILES string of the molecule is CC(N)Cc1ccccc1N1CC(C)C(=O)N1. The second-order valence-electron chi connectivity index (χ2n) is 4.80. The Labute approximate surface area is 102 Å². The second kappa shape index (κ2) is 4.75. The molecule has 1 amide bonds. The van der Waals surface area contributed by atoms with Crippen LogP contribution in [0.5, 0.6) is 0 Å². The highest BCUT2D eigenvalue weighted by atomic mass is 16.2. The second-order valence-corrected chi connectivity index (χ2v) is 4.80. The van der Waals surface area contributed by atoms with Gasteiger partial charge in [-0.3, -0.25) is 15.2 Å². The highest BCUT2D eigenvalue weighted by Crippen LogP contribution is 2.23. The maximum Gasteiger partial charge on any atom is 0.243 e. The lowest BCUT2D eigenvalue weighted by atomic mass is 10.1. The zero-order valence-electron chi connectivity index (χ0n) is 10.3. The molecule has 1 heterocycles. The van der Waals surface area contributed by atoms with E-state index in [0.717, 1.165) is 18.7 Å². The van der Waals surface area contributed by atoms with Gasteiger partial charge in [-0.2, -0.15) is 0 Å². The first-order valence-corrected chi connectivity index (χ1v) is 5.99. The van der Waals surface area contributed by atoms with Crippen molar-refractivity contribution in [1.82, 2.24) is 5.43 Å². The number of benzene rings is 1. The van der Waals surface area contributed by atoms with Crippen LogP contribution in [0.1, 0.15) is 19.4 Å². The van der Waals surface area contributed by atoms with Crippen molar-refractivity contribution in [2.24, 2.45) is 11.7 Å². The Morgan fingerprint density at radius 2 is 2.24 bits per heavy atom. The molecule has 1 fully saturated rings. The molecule has 0 aliphatic carbocycles. The average Bonchev–Trinajstić information content (AvgIpc) is 2.59. The minimum Gasteiger partial charge on any atom is -0.328 e. The van der Waals surface area contributed by atoms with Crippen LogP contribution < -0.4 is 16.2 Å². The number of nitrogens with one attached hydrogen (secondary N) is 1. The van der Waals surface area contributed by atoms with Crippen molar-refractivity contribution in [3.05, 3.63) is 29.8 Å². The molecule has 1 aliphatic rings. The molecule has 0 radical (unpaired) electrons. The molecular formula is C13H19N3O. The third-order valence-corrected chi connectivity index (χ3v) is 2.97. The summed E-state index contributed by atoms with van der Waals surface area (Å²) in [5, 5.41) is 1.92. The van der Waals surface area contributed by atoms with Crippen LogP contribution in [0.3, 0.4) is 0 Å². The lowest BCUT2D eigenvalue weighted by molar-refractivity contribution is -0.121. The fraction of sp³-hybridized carbons (Fsp3) is 0.462. The summed E-state index contributed by atoms with van der Waals surface area (Å²) in [5.41, 5.74) is 11.0. The topological polar surface area (TPSA) is 58.4 Å². The fourth-order valence-corrected chi connectivity index (χ4v) is 2.10. The zero-order chi connectivity index (χ0) is 12.4. The molecule has 0 saturated carbocycles. The van der Waals surface area contributed by atoms with Gasteiger partial charge in [-0.1, -0.05) is 25.1 Å². The number of carbonyl (C=O) groups excluding carboxylic acids is 1. The van der Waals surface area contributed by atoms with Gasteiger partial charge in [0.1, 0.15) is 0 Å². The van der Waals surface area contributed by atoms with E-state index in [1.54, 1.807) is 0 Å². The summed E-state index contributed by atoms with van der Waals surface area (Å²) >= 11 is 0. The number of nitrogens with zero attached hydrogens (tertiary/aromatic N) is 1. The normalized spacial score (nSPS) is 21.5. The Morgan fingerprint density at radius 1 is 1.53 bits per heavy atom. The van der Waals surface area contributed by atoms with Crippen LogP contribution in [-0.2, 0) is 11.2 Å². The Kier molecular flexibility index (Phi) is 3.33. The van der Waals surface area contributed by atoms with Gasteiger partial charge < -0.3 is 5.73 Å². The van der Waals surface area contributed by atoms with E-state index in [-0.39, 0.29) is 17.9 Å². The van der Waals surface area contributed by atoms with Crippen LogP contribution >= 0.6 is 0 Å². The molecule has 0 aromatic heterocycles. The summed E-state index contributed by atoms with van der Waals surface area (Å²) in [6.45, 7) is 4.64. The predicted molar refractivity (Wildman–Crippen MR) is 68.4 cm³/mol. The van der Waals surface area contributed by atoms with E-state index < -0.39 is 0 Å². The molecule has 3 N–H and O–H groups in total. The van der Waals surface area contributed by atoms with E-state index >= 15 is 0 Å². The lowest BCUT2D eigenvalue weighted by Crippen LogP contribution is -2.34. The van der Waals surface area contributed by atoms with E-state index in [4.69, 9.17) is 5.73 Å². The van der Waals surface area contributed by atoms with Crippen LogP contribution in [0.4, 0.5) is 5.69 Å². The molecule has 2 unspecified atom stereocenters. The van der Waals surface area contributed by atoms with Crippen molar-refractivity contribution < 1.29 is 4.79 Å². The van der Waals surface area contributed by atoms with Crippen molar-refractivity contribution in [3.63, 3.8) is 0 Å². The van der Waals surface area contributed by atoms with Gasteiger partial charge in [-0.05, 0) is 25.0 Å². The molecule has 92 valence electrons. The number of rotatable bonds is 3. The summed E-state index contributed by atoms with van der Waals surface area (Å²) in [6, 6.07) is 8.19. The van der Waals surface area contributed by atoms with Crippen LogP contribution in [0.15, 0.2) is 24.3 Å². The van der Waals surface area contributed by atoms with Crippen molar-refractivity contribution in [1.29, 1.82) is 0 Å². The molecule has 2 rings (SSSR count). The Morgan fingerprint density at radius 3 is 2.82 bits per heavy atom. The Hall–Kier alpha value is -1.55. The fourth-order valence-electron chi connectivity index (χ4n) is 2.10. The Balaban J connectivity index is 2.23. The molecule has 4 nitrogen and oxygen atoms in total. The van der Waals surface area contributed by atoms with Gasteiger partial charge in [0.25, 0.3) is 0 Å². The first kappa shape index (κ1) is 11.9. The van der Waals surface area contributed by atoms with Gasteiger partial charge in [0.2, 0.25) is 5.91 Å². The van der Waals surface area contributed by atoms with E-state index in [1.165, 1.54) is 5.56 Å². The molecule has 0 bridgehead atoms. The Bertz CT molecular complexity index is 417. The van der Waals surface area contributed by atoms with E-state index in [9.17, 15) is 4.79 Å². The molecule has 1 aromatic rings. The van der Waals surface area contributed by atoms with Gasteiger partial charge in [-0.25, -0.2) is 0 Å². The number of para-hydroxylation sites is 1. The first-order valence-electron chi connectivity index (χ1n) is 5.99. The van der Waals surface area contributed by atoms with Gasteiger partial charge in [0.05, 0.1) is 18.2 Å². The number of amides is 1. The van der Waals surface area contributed by atoms with Gasteiger partial charge in [0.15, 0.2) is 0 Å². The van der Waals surface area contributed by atoms with Gasteiger partial charge in [-0.15, -0.1) is 0 Å². The van der Waals surface area contributed by atoms with Crippen molar-refractivity contribution in [3.8, 4) is 0 Å². The van der Waals surface area contributed by atoms with Crippen molar-refractivity contribution in [2.75, 3.05) is 11.6 Å². The van der Waals surface area contributed by atoms with Crippen LogP contribution in [-0.4, -0.2) is 18.5 Å². The predicted octanol–water partition coefficient (Wildman–Crippen LogP) is 1.06. The molecule has 4 heteroatoms. The highest BCUT2D eigenvalue weighted by molar-refractivity contribution is 5.84. The highest BCUT2D eigenvalue weighted by Gasteiger charge is 2.27. The van der Waals surface area contributed by atoms with Gasteiger partial charge >= 0.3 is 0 Å². The monoisotopic (exact) mass is 233 g/mol. The maximum absolute atomic E-state index is 11.5. The third-order valence-electron chi connectivity index (χ3n) is 2.97. The number of hydrogen-bond donors (Lipinski definition) is 2. The van der Waals surface area contributed by atoms with Crippen molar-refractivity contribution >= 4 is 11.6 Å². The number of anilines is 1. The first-order chi connectivity index (χ1) is 8.08. The summed E-state index contributed by atoms with van der Waals surface area (Å²) in [7, 11) is 0. The summed E-state index contributed by atoms with van der Waals surface area (Å²) in [4.78, 5) is 11.5. The molecular weight excluding hydrogens is 214 g/mol. The summed E-state index contributed by atoms with van der Waals surface area (Å²) in [5.74, 6) is 0.124. The minimum absolute atomic E-state index is 0.0401. The third kappa shape index (κ3) is 2.58. The number of hydrogen-bond acceptors (Lipinski definition) is 3. The smallest absolute Gasteiger partial charge is 0.243 e. The molecule has 17 heavy (non-hydrogen) atoms. The lowest BCUT2D eigenvalue weighted by Gasteiger charge is -2.21. The van der Waals surface area contributed by atoms with Gasteiger partial charge in [0, 0.05) is 6.04 Å². The quantitative estimate of drug-likeness (QED) is 0.821. The van der Waals surface area contributed by atoms with E-state index in [2.05, 4.69) is 11.5 Å². The minimum atomic E-state index is 0.0401. The summed E-state index contributed by atoms with van der Waals surface area (Å²) < 4.78 is 0. The standard InChI is InChI=1S/C13H19N3O/c1-9-8-16(15-13(9)17)12-6-4-3-5-11(12)7-10(2)14/h3-6,9-10H,7-8,14H2,1-2H3,(H,15,17). The number of hydrazine groups is 1. The van der Waals surface area contributed by atoms with Crippen LogP contribution in [0.25, 0.3) is 0 Å². The maximum atomic E-state index is 11.5. The van der Waals surface area contributed by atoms with Crippen molar-refractivity contribution in [2.45, 2.75) is 26.3 Å². The van der Waals surface area contributed by atoms with E-state index in [1.807, 2.05) is 37.1 Å². The molecule has 1 aliphatic heterocycles. The molecule has 1 saturated heterocycles. The van der Waals surface area contributed by atoms with E-state index in [0.29, 0.717) is 0 Å². The molecule has 0 spiro atoms. The largest absolute Gasteiger partial charge is 0.328 e.